The third kappa shape index (κ3) is 6.77. The SMILES string of the molecule is Cl.Cl.N=C(N)Oc1ccc(Oc2ccc(OC(=N)N)cc2)cc1. The number of hydrogen-bond donors (Lipinski definition) is 4. The number of rotatable bonds is 4. The van der Waals surface area contributed by atoms with Gasteiger partial charge in [0.15, 0.2) is 0 Å². The highest BCUT2D eigenvalue weighted by atomic mass is 35.5. The van der Waals surface area contributed by atoms with Gasteiger partial charge in [0, 0.05) is 0 Å². The lowest BCUT2D eigenvalue weighted by Gasteiger charge is -2.08. The largest absolute Gasteiger partial charge is 0.457 e. The highest BCUT2D eigenvalue weighted by Gasteiger charge is 2.01. The topological polar surface area (TPSA) is 127 Å². The summed E-state index contributed by atoms with van der Waals surface area (Å²) in [4.78, 5) is 0. The average molecular weight is 359 g/mol. The lowest BCUT2D eigenvalue weighted by atomic mass is 10.3. The maximum absolute atomic E-state index is 7.02. The van der Waals surface area contributed by atoms with Crippen LogP contribution in [0.4, 0.5) is 0 Å². The standard InChI is InChI=1S/C14H14N4O3.2ClH/c15-13(16)20-11-5-1-9(2-6-11)19-10-3-7-12(8-4-10)21-14(17)18;;/h1-8H,(H3,15,16)(H3,17,18);2*1H. The van der Waals surface area contributed by atoms with Gasteiger partial charge in [-0.2, -0.15) is 0 Å². The Balaban J connectivity index is 0.00000242. The van der Waals surface area contributed by atoms with E-state index in [0.29, 0.717) is 23.0 Å². The minimum Gasteiger partial charge on any atom is -0.457 e. The molecule has 0 saturated heterocycles. The molecule has 0 atom stereocenters. The van der Waals surface area contributed by atoms with Crippen LogP contribution in [0.5, 0.6) is 23.0 Å². The molecule has 7 nitrogen and oxygen atoms in total. The molecule has 0 heterocycles. The van der Waals surface area contributed by atoms with Crippen LogP contribution in [0.15, 0.2) is 48.5 Å². The molecule has 0 spiro atoms. The van der Waals surface area contributed by atoms with Gasteiger partial charge in [-0.25, -0.2) is 0 Å². The Morgan fingerprint density at radius 3 is 1.13 bits per heavy atom. The van der Waals surface area contributed by atoms with Crippen molar-refractivity contribution in [1.82, 2.24) is 0 Å². The number of amidine groups is 2. The Kier molecular flexibility index (Phi) is 8.31. The van der Waals surface area contributed by atoms with Gasteiger partial charge in [-0.3, -0.25) is 10.8 Å². The molecule has 0 fully saturated rings. The molecule has 0 bridgehead atoms. The van der Waals surface area contributed by atoms with Crippen LogP contribution in [0.2, 0.25) is 0 Å². The maximum Gasteiger partial charge on any atom is 0.284 e. The van der Waals surface area contributed by atoms with Gasteiger partial charge in [0.2, 0.25) is 0 Å². The van der Waals surface area contributed by atoms with Crippen molar-refractivity contribution in [2.75, 3.05) is 0 Å². The first-order chi connectivity index (χ1) is 10.0. The minimum absolute atomic E-state index is 0. The molecule has 0 unspecified atom stereocenters. The van der Waals surface area contributed by atoms with E-state index < -0.39 is 0 Å². The number of ether oxygens (including phenoxy) is 3. The van der Waals surface area contributed by atoms with Gasteiger partial charge in [0.1, 0.15) is 23.0 Å². The van der Waals surface area contributed by atoms with Gasteiger partial charge in [-0.1, -0.05) is 0 Å². The Hall–Kier alpha value is -2.64. The van der Waals surface area contributed by atoms with Crippen molar-refractivity contribution in [2.24, 2.45) is 11.5 Å². The molecule has 0 aliphatic heterocycles. The molecule has 2 aromatic rings. The van der Waals surface area contributed by atoms with Crippen LogP contribution in [0.25, 0.3) is 0 Å². The van der Waals surface area contributed by atoms with Crippen LogP contribution in [0.3, 0.4) is 0 Å². The number of benzene rings is 2. The molecule has 124 valence electrons. The molecular formula is C14H16Cl2N4O3. The van der Waals surface area contributed by atoms with E-state index in [1.54, 1.807) is 48.5 Å². The van der Waals surface area contributed by atoms with Gasteiger partial charge in [-0.15, -0.1) is 24.8 Å². The second-order valence-electron chi connectivity index (χ2n) is 3.98. The molecule has 0 amide bonds. The smallest absolute Gasteiger partial charge is 0.284 e. The predicted molar refractivity (Wildman–Crippen MR) is 92.5 cm³/mol. The summed E-state index contributed by atoms with van der Waals surface area (Å²) < 4.78 is 15.5. The van der Waals surface area contributed by atoms with Gasteiger partial charge in [-0.05, 0) is 48.5 Å². The van der Waals surface area contributed by atoms with Crippen molar-refractivity contribution in [3.05, 3.63) is 48.5 Å². The van der Waals surface area contributed by atoms with E-state index in [4.69, 9.17) is 36.5 Å². The highest BCUT2D eigenvalue weighted by molar-refractivity contribution is 5.85. The lowest BCUT2D eigenvalue weighted by molar-refractivity contribution is 0.477. The van der Waals surface area contributed by atoms with E-state index in [1.165, 1.54) is 0 Å². The zero-order valence-corrected chi connectivity index (χ0v) is 13.4. The summed E-state index contributed by atoms with van der Waals surface area (Å²) in [6, 6.07) is 12.6. The first kappa shape index (κ1) is 20.4. The molecule has 6 N–H and O–H groups in total. The first-order valence-corrected chi connectivity index (χ1v) is 5.94. The van der Waals surface area contributed by atoms with Gasteiger partial charge >= 0.3 is 0 Å². The molecule has 2 rings (SSSR count). The molecule has 0 saturated carbocycles. The number of halogens is 2. The molecule has 0 aliphatic rings. The summed E-state index contributed by atoms with van der Waals surface area (Å²) in [7, 11) is 0. The van der Waals surface area contributed by atoms with E-state index in [-0.39, 0.29) is 36.9 Å². The molecule has 0 radical (unpaired) electrons. The van der Waals surface area contributed by atoms with E-state index in [9.17, 15) is 0 Å². The summed E-state index contributed by atoms with van der Waals surface area (Å²) in [5.41, 5.74) is 10.3. The van der Waals surface area contributed by atoms with Crippen molar-refractivity contribution < 1.29 is 14.2 Å². The number of nitrogens with two attached hydrogens (primary N) is 2. The van der Waals surface area contributed by atoms with Crippen LogP contribution in [0.1, 0.15) is 0 Å². The summed E-state index contributed by atoms with van der Waals surface area (Å²) in [5.74, 6) is 2.12. The van der Waals surface area contributed by atoms with Crippen LogP contribution in [-0.2, 0) is 0 Å². The summed E-state index contributed by atoms with van der Waals surface area (Å²) in [6.07, 6.45) is 0. The van der Waals surface area contributed by atoms with Crippen LogP contribution >= 0.6 is 24.8 Å². The molecule has 9 heteroatoms. The van der Waals surface area contributed by atoms with E-state index in [2.05, 4.69) is 0 Å². The Morgan fingerprint density at radius 1 is 0.609 bits per heavy atom. The number of hydrogen-bond acceptors (Lipinski definition) is 5. The molecule has 23 heavy (non-hydrogen) atoms. The Labute approximate surface area is 145 Å². The fourth-order valence-electron chi connectivity index (χ4n) is 1.54. The normalized spacial score (nSPS) is 8.87. The Morgan fingerprint density at radius 2 is 0.870 bits per heavy atom. The van der Waals surface area contributed by atoms with Crippen molar-refractivity contribution >= 4 is 36.9 Å². The van der Waals surface area contributed by atoms with E-state index >= 15 is 0 Å². The average Bonchev–Trinajstić information content (AvgIpc) is 2.42. The van der Waals surface area contributed by atoms with Crippen LogP contribution < -0.4 is 25.7 Å². The second kappa shape index (κ2) is 9.39. The van der Waals surface area contributed by atoms with Crippen LogP contribution in [-0.4, -0.2) is 12.0 Å². The molecule has 0 aliphatic carbocycles. The zero-order valence-electron chi connectivity index (χ0n) is 11.8. The van der Waals surface area contributed by atoms with Crippen molar-refractivity contribution in [1.29, 1.82) is 10.8 Å². The van der Waals surface area contributed by atoms with Crippen molar-refractivity contribution in [2.45, 2.75) is 0 Å². The Bertz CT molecular complexity index is 591. The monoisotopic (exact) mass is 358 g/mol. The molecule has 2 aromatic carbocycles. The van der Waals surface area contributed by atoms with E-state index in [0.717, 1.165) is 0 Å². The minimum atomic E-state index is -0.371. The van der Waals surface area contributed by atoms with Gasteiger partial charge < -0.3 is 25.7 Å². The molecular weight excluding hydrogens is 343 g/mol. The third-order valence-corrected chi connectivity index (χ3v) is 2.34. The lowest BCUT2D eigenvalue weighted by Crippen LogP contribution is -2.17. The van der Waals surface area contributed by atoms with Crippen molar-refractivity contribution in [3.8, 4) is 23.0 Å². The summed E-state index contributed by atoms with van der Waals surface area (Å²) in [6.45, 7) is 0. The molecule has 0 aromatic heterocycles. The summed E-state index contributed by atoms with van der Waals surface area (Å²) >= 11 is 0. The maximum atomic E-state index is 7.02. The van der Waals surface area contributed by atoms with Gasteiger partial charge in [0.05, 0.1) is 0 Å². The predicted octanol–water partition coefficient (Wildman–Crippen LogP) is 2.87. The van der Waals surface area contributed by atoms with E-state index in [1.807, 2.05) is 0 Å². The number of nitrogens with one attached hydrogen (secondary N) is 2. The third-order valence-electron chi connectivity index (χ3n) is 2.34. The highest BCUT2D eigenvalue weighted by Crippen LogP contribution is 2.25. The van der Waals surface area contributed by atoms with Crippen LogP contribution in [0, 0.1) is 10.8 Å². The van der Waals surface area contributed by atoms with Crippen molar-refractivity contribution in [3.63, 3.8) is 0 Å². The fraction of sp³-hybridized carbons (Fsp3) is 0. The summed E-state index contributed by atoms with van der Waals surface area (Å²) in [5, 5.41) is 14.0. The zero-order chi connectivity index (χ0) is 15.2. The van der Waals surface area contributed by atoms with Gasteiger partial charge in [0.25, 0.3) is 12.0 Å². The first-order valence-electron chi connectivity index (χ1n) is 5.94. The second-order valence-corrected chi connectivity index (χ2v) is 3.98. The quantitative estimate of drug-likeness (QED) is 0.493. The fourth-order valence-corrected chi connectivity index (χ4v) is 1.54.